The number of carboxylic acids is 1. The van der Waals surface area contributed by atoms with Crippen LogP contribution >= 0.6 is 0 Å². The van der Waals surface area contributed by atoms with E-state index in [0.29, 0.717) is 12.5 Å². The molecular formula is C15H23NO2. The van der Waals surface area contributed by atoms with Gasteiger partial charge >= 0.3 is 5.97 Å². The lowest BCUT2D eigenvalue weighted by Crippen LogP contribution is -2.43. The number of hydrogen-bond acceptors (Lipinski definition) is 2. The standard InChI is InChI=1S/C15H23NO2/c1-12(16-11-7-10-14(17)18)15(2,3)13-8-5-4-6-9-13/h4-6,8-9,12,16H,7,10-11H2,1-3H3,(H,17,18). The van der Waals surface area contributed by atoms with Gasteiger partial charge in [0.2, 0.25) is 0 Å². The number of aliphatic carboxylic acids is 1. The molecule has 0 saturated heterocycles. The van der Waals surface area contributed by atoms with E-state index >= 15 is 0 Å². The average molecular weight is 249 g/mol. The molecule has 18 heavy (non-hydrogen) atoms. The van der Waals surface area contributed by atoms with Crippen molar-refractivity contribution >= 4 is 5.97 Å². The molecule has 0 amide bonds. The zero-order valence-corrected chi connectivity index (χ0v) is 11.4. The summed E-state index contributed by atoms with van der Waals surface area (Å²) in [7, 11) is 0. The first-order valence-corrected chi connectivity index (χ1v) is 6.45. The maximum absolute atomic E-state index is 10.4. The van der Waals surface area contributed by atoms with E-state index in [1.165, 1.54) is 5.56 Å². The van der Waals surface area contributed by atoms with Crippen LogP contribution in [0.4, 0.5) is 0 Å². The molecule has 0 aromatic heterocycles. The zero-order valence-electron chi connectivity index (χ0n) is 11.4. The molecule has 3 nitrogen and oxygen atoms in total. The van der Waals surface area contributed by atoms with Gasteiger partial charge in [0.05, 0.1) is 0 Å². The minimum atomic E-state index is -0.730. The first-order chi connectivity index (χ1) is 8.44. The molecule has 2 N–H and O–H groups in total. The summed E-state index contributed by atoms with van der Waals surface area (Å²) < 4.78 is 0. The van der Waals surface area contributed by atoms with E-state index in [4.69, 9.17) is 5.11 Å². The Morgan fingerprint density at radius 1 is 1.33 bits per heavy atom. The first kappa shape index (κ1) is 14.7. The molecule has 1 unspecified atom stereocenters. The highest BCUT2D eigenvalue weighted by molar-refractivity contribution is 5.66. The summed E-state index contributed by atoms with van der Waals surface area (Å²) in [5.41, 5.74) is 1.33. The van der Waals surface area contributed by atoms with Crippen molar-refractivity contribution in [2.45, 2.75) is 45.1 Å². The van der Waals surface area contributed by atoms with Crippen molar-refractivity contribution in [3.63, 3.8) is 0 Å². The molecule has 0 aliphatic carbocycles. The first-order valence-electron chi connectivity index (χ1n) is 6.45. The van der Waals surface area contributed by atoms with Gasteiger partial charge in [0.25, 0.3) is 0 Å². The summed E-state index contributed by atoms with van der Waals surface area (Å²) in [5, 5.41) is 12.0. The van der Waals surface area contributed by atoms with E-state index in [-0.39, 0.29) is 11.8 Å². The summed E-state index contributed by atoms with van der Waals surface area (Å²) in [4.78, 5) is 10.4. The van der Waals surface area contributed by atoms with E-state index < -0.39 is 5.97 Å². The smallest absolute Gasteiger partial charge is 0.303 e. The van der Waals surface area contributed by atoms with Crippen LogP contribution < -0.4 is 5.32 Å². The fraction of sp³-hybridized carbons (Fsp3) is 0.533. The van der Waals surface area contributed by atoms with Crippen LogP contribution in [-0.4, -0.2) is 23.7 Å². The fourth-order valence-electron chi connectivity index (χ4n) is 1.93. The lowest BCUT2D eigenvalue weighted by molar-refractivity contribution is -0.137. The van der Waals surface area contributed by atoms with Gasteiger partial charge in [-0.25, -0.2) is 0 Å². The molecule has 0 aliphatic rings. The van der Waals surface area contributed by atoms with Crippen LogP contribution in [0.15, 0.2) is 30.3 Å². The molecule has 0 saturated carbocycles. The summed E-state index contributed by atoms with van der Waals surface area (Å²) >= 11 is 0. The van der Waals surface area contributed by atoms with Gasteiger partial charge in [-0.2, -0.15) is 0 Å². The maximum Gasteiger partial charge on any atom is 0.303 e. The fourth-order valence-corrected chi connectivity index (χ4v) is 1.93. The Balaban J connectivity index is 2.49. The second-order valence-electron chi connectivity index (χ2n) is 5.26. The maximum atomic E-state index is 10.4. The van der Waals surface area contributed by atoms with E-state index in [1.54, 1.807) is 0 Å². The predicted molar refractivity (Wildman–Crippen MR) is 73.8 cm³/mol. The Kier molecular flexibility index (Phi) is 5.35. The van der Waals surface area contributed by atoms with Crippen molar-refractivity contribution in [1.29, 1.82) is 0 Å². The van der Waals surface area contributed by atoms with Crippen molar-refractivity contribution in [2.75, 3.05) is 6.54 Å². The third kappa shape index (κ3) is 4.15. The van der Waals surface area contributed by atoms with Gasteiger partial charge in [-0.05, 0) is 25.5 Å². The minimum absolute atomic E-state index is 0.0322. The normalized spacial score (nSPS) is 13.3. The van der Waals surface area contributed by atoms with Gasteiger partial charge in [0.1, 0.15) is 0 Å². The Bertz CT molecular complexity index is 373. The molecule has 1 aromatic carbocycles. The molecular weight excluding hydrogens is 226 g/mol. The Morgan fingerprint density at radius 3 is 2.50 bits per heavy atom. The SMILES string of the molecule is CC(NCCCC(=O)O)C(C)(C)c1ccccc1. The molecule has 1 rings (SSSR count). The van der Waals surface area contributed by atoms with Crippen LogP contribution in [0.1, 0.15) is 39.2 Å². The largest absolute Gasteiger partial charge is 0.481 e. The van der Waals surface area contributed by atoms with Gasteiger partial charge in [-0.15, -0.1) is 0 Å². The lowest BCUT2D eigenvalue weighted by atomic mass is 9.78. The third-order valence-corrected chi connectivity index (χ3v) is 3.62. The second-order valence-corrected chi connectivity index (χ2v) is 5.26. The minimum Gasteiger partial charge on any atom is -0.481 e. The number of carboxylic acid groups (broad SMARTS) is 1. The zero-order chi connectivity index (χ0) is 13.6. The number of rotatable bonds is 7. The summed E-state index contributed by atoms with van der Waals surface area (Å²) in [6.45, 7) is 7.30. The molecule has 0 fully saturated rings. The van der Waals surface area contributed by atoms with E-state index in [9.17, 15) is 4.79 Å². The number of hydrogen-bond donors (Lipinski definition) is 2. The lowest BCUT2D eigenvalue weighted by Gasteiger charge is -2.33. The Labute approximate surface area is 109 Å². The van der Waals surface area contributed by atoms with Crippen LogP contribution in [0.5, 0.6) is 0 Å². The van der Waals surface area contributed by atoms with Gasteiger partial charge in [0, 0.05) is 17.9 Å². The van der Waals surface area contributed by atoms with E-state index in [2.05, 4.69) is 38.2 Å². The van der Waals surface area contributed by atoms with Crippen molar-refractivity contribution in [2.24, 2.45) is 0 Å². The molecule has 3 heteroatoms. The van der Waals surface area contributed by atoms with E-state index in [0.717, 1.165) is 6.54 Å². The Hall–Kier alpha value is -1.35. The highest BCUT2D eigenvalue weighted by Crippen LogP contribution is 2.26. The summed E-state index contributed by atoms with van der Waals surface area (Å²) in [6.07, 6.45) is 0.899. The monoisotopic (exact) mass is 249 g/mol. The molecule has 1 aromatic rings. The van der Waals surface area contributed by atoms with Crippen LogP contribution in [0.2, 0.25) is 0 Å². The number of carbonyl (C=O) groups is 1. The quantitative estimate of drug-likeness (QED) is 0.731. The molecule has 1 atom stereocenters. The molecule has 0 spiro atoms. The average Bonchev–Trinajstić information content (AvgIpc) is 2.35. The van der Waals surface area contributed by atoms with Crippen LogP contribution in [0, 0.1) is 0 Å². The Morgan fingerprint density at radius 2 is 1.94 bits per heavy atom. The highest BCUT2D eigenvalue weighted by atomic mass is 16.4. The van der Waals surface area contributed by atoms with Gasteiger partial charge in [-0.1, -0.05) is 44.2 Å². The number of benzene rings is 1. The molecule has 0 bridgehead atoms. The van der Waals surface area contributed by atoms with Crippen molar-refractivity contribution in [3.8, 4) is 0 Å². The predicted octanol–water partition coefficient (Wildman–Crippen LogP) is 2.81. The van der Waals surface area contributed by atoms with Gasteiger partial charge in [-0.3, -0.25) is 4.79 Å². The molecule has 0 aliphatic heterocycles. The highest BCUT2D eigenvalue weighted by Gasteiger charge is 2.27. The van der Waals surface area contributed by atoms with Gasteiger partial charge < -0.3 is 10.4 Å². The molecule has 0 radical (unpaired) electrons. The van der Waals surface area contributed by atoms with Crippen molar-refractivity contribution in [3.05, 3.63) is 35.9 Å². The number of nitrogens with one attached hydrogen (secondary N) is 1. The van der Waals surface area contributed by atoms with Crippen molar-refractivity contribution in [1.82, 2.24) is 5.32 Å². The van der Waals surface area contributed by atoms with Crippen LogP contribution in [0.3, 0.4) is 0 Å². The topological polar surface area (TPSA) is 49.3 Å². The molecule has 100 valence electrons. The van der Waals surface area contributed by atoms with Crippen LogP contribution in [-0.2, 0) is 10.2 Å². The van der Waals surface area contributed by atoms with Crippen LogP contribution in [0.25, 0.3) is 0 Å². The molecule has 0 heterocycles. The third-order valence-electron chi connectivity index (χ3n) is 3.62. The van der Waals surface area contributed by atoms with Gasteiger partial charge in [0.15, 0.2) is 0 Å². The van der Waals surface area contributed by atoms with E-state index in [1.807, 2.05) is 18.2 Å². The summed E-state index contributed by atoms with van der Waals surface area (Å²) in [5.74, 6) is -0.730. The summed E-state index contributed by atoms with van der Waals surface area (Å²) in [6, 6.07) is 10.7. The van der Waals surface area contributed by atoms with Crippen molar-refractivity contribution < 1.29 is 9.90 Å². The second kappa shape index (κ2) is 6.55.